The van der Waals surface area contributed by atoms with Gasteiger partial charge in [-0.25, -0.2) is 5.84 Å². The van der Waals surface area contributed by atoms with Gasteiger partial charge in [0.1, 0.15) is 0 Å². The van der Waals surface area contributed by atoms with Gasteiger partial charge in [0.15, 0.2) is 0 Å². The van der Waals surface area contributed by atoms with Gasteiger partial charge in [-0.05, 0) is 6.42 Å². The molecule has 0 saturated carbocycles. The lowest BCUT2D eigenvalue weighted by Crippen LogP contribution is -2.48. The van der Waals surface area contributed by atoms with Crippen molar-refractivity contribution in [1.29, 1.82) is 0 Å². The zero-order valence-corrected chi connectivity index (χ0v) is 10.7. The van der Waals surface area contributed by atoms with Crippen LogP contribution in [0.5, 0.6) is 0 Å². The second-order valence-corrected chi connectivity index (χ2v) is 4.39. The Morgan fingerprint density at radius 1 is 1.22 bits per heavy atom. The number of hydrazine groups is 1. The zero-order chi connectivity index (χ0) is 13.4. The lowest BCUT2D eigenvalue weighted by molar-refractivity contribution is -0.133. The van der Waals surface area contributed by atoms with E-state index in [4.69, 9.17) is 5.84 Å². The third-order valence-corrected chi connectivity index (χ3v) is 3.07. The van der Waals surface area contributed by atoms with Crippen molar-refractivity contribution in [3.05, 3.63) is 12.7 Å². The van der Waals surface area contributed by atoms with Gasteiger partial charge in [0, 0.05) is 45.6 Å². The molecule has 102 valence electrons. The van der Waals surface area contributed by atoms with Crippen LogP contribution in [-0.2, 0) is 9.59 Å². The molecule has 0 spiro atoms. The van der Waals surface area contributed by atoms with E-state index < -0.39 is 0 Å². The highest BCUT2D eigenvalue weighted by molar-refractivity contribution is 5.78. The van der Waals surface area contributed by atoms with Gasteiger partial charge in [-0.15, -0.1) is 6.58 Å². The number of nitrogens with one attached hydrogen (secondary N) is 1. The molecule has 0 bridgehead atoms. The van der Waals surface area contributed by atoms with Gasteiger partial charge in [0.2, 0.25) is 11.8 Å². The van der Waals surface area contributed by atoms with Gasteiger partial charge in [-0.1, -0.05) is 6.08 Å². The fourth-order valence-electron chi connectivity index (χ4n) is 1.99. The molecule has 1 rings (SSSR count). The van der Waals surface area contributed by atoms with Gasteiger partial charge < -0.3 is 4.90 Å². The molecule has 6 heteroatoms. The predicted octanol–water partition coefficient (Wildman–Crippen LogP) is -0.523. The number of carbonyl (C=O) groups is 2. The minimum Gasteiger partial charge on any atom is -0.340 e. The Morgan fingerprint density at radius 2 is 1.89 bits per heavy atom. The second-order valence-electron chi connectivity index (χ2n) is 4.39. The van der Waals surface area contributed by atoms with E-state index >= 15 is 0 Å². The summed E-state index contributed by atoms with van der Waals surface area (Å²) >= 11 is 0. The molecular formula is C12H22N4O2. The fraction of sp³-hybridized carbons (Fsp3) is 0.667. The molecule has 0 radical (unpaired) electrons. The lowest BCUT2D eigenvalue weighted by atomic mass is 10.2. The van der Waals surface area contributed by atoms with Crippen molar-refractivity contribution >= 4 is 11.8 Å². The van der Waals surface area contributed by atoms with Gasteiger partial charge in [0.25, 0.3) is 0 Å². The van der Waals surface area contributed by atoms with Crippen LogP contribution in [-0.4, -0.2) is 54.3 Å². The summed E-state index contributed by atoms with van der Waals surface area (Å²) in [6.07, 6.45) is 3.14. The van der Waals surface area contributed by atoms with E-state index in [9.17, 15) is 9.59 Å². The first-order chi connectivity index (χ1) is 8.67. The van der Waals surface area contributed by atoms with E-state index in [-0.39, 0.29) is 11.8 Å². The van der Waals surface area contributed by atoms with E-state index in [1.807, 2.05) is 11.0 Å². The van der Waals surface area contributed by atoms with Gasteiger partial charge in [-0.3, -0.25) is 19.9 Å². The number of piperazine rings is 1. The number of hydrogen-bond acceptors (Lipinski definition) is 4. The molecule has 0 atom stereocenters. The van der Waals surface area contributed by atoms with Crippen molar-refractivity contribution < 1.29 is 9.59 Å². The van der Waals surface area contributed by atoms with E-state index in [0.29, 0.717) is 19.3 Å². The molecule has 0 aliphatic carbocycles. The summed E-state index contributed by atoms with van der Waals surface area (Å²) in [5.41, 5.74) is 2.06. The van der Waals surface area contributed by atoms with Gasteiger partial charge in [0.05, 0.1) is 0 Å². The Hall–Kier alpha value is -1.40. The quantitative estimate of drug-likeness (QED) is 0.289. The number of nitrogens with two attached hydrogens (primary N) is 1. The molecule has 0 aromatic rings. The van der Waals surface area contributed by atoms with Crippen molar-refractivity contribution in [3.8, 4) is 0 Å². The first-order valence-electron chi connectivity index (χ1n) is 6.28. The molecule has 18 heavy (non-hydrogen) atoms. The highest BCUT2D eigenvalue weighted by Gasteiger charge is 2.19. The molecule has 1 aliphatic heterocycles. The molecule has 1 heterocycles. The molecule has 0 aromatic heterocycles. The minimum absolute atomic E-state index is 0.123. The number of nitrogens with zero attached hydrogens (tertiary/aromatic N) is 2. The molecule has 1 saturated heterocycles. The lowest BCUT2D eigenvalue weighted by Gasteiger charge is -2.34. The largest absolute Gasteiger partial charge is 0.340 e. The normalized spacial score (nSPS) is 16.4. The van der Waals surface area contributed by atoms with Crippen molar-refractivity contribution in [2.24, 2.45) is 5.84 Å². The van der Waals surface area contributed by atoms with Crippen LogP contribution in [0.15, 0.2) is 12.7 Å². The number of amides is 2. The van der Waals surface area contributed by atoms with E-state index in [1.165, 1.54) is 0 Å². The Balaban J connectivity index is 2.19. The molecule has 1 aliphatic rings. The molecule has 2 amide bonds. The van der Waals surface area contributed by atoms with Crippen molar-refractivity contribution in [3.63, 3.8) is 0 Å². The molecule has 3 N–H and O–H groups in total. The fourth-order valence-corrected chi connectivity index (χ4v) is 1.99. The average molecular weight is 254 g/mol. The third-order valence-electron chi connectivity index (χ3n) is 3.07. The SMILES string of the molecule is C=CCN1CCN(C(=O)CCCC(=O)NN)CC1. The summed E-state index contributed by atoms with van der Waals surface area (Å²) in [7, 11) is 0. The van der Waals surface area contributed by atoms with E-state index in [0.717, 1.165) is 32.7 Å². The molecule has 1 fully saturated rings. The molecule has 6 nitrogen and oxygen atoms in total. The van der Waals surface area contributed by atoms with E-state index in [2.05, 4.69) is 16.9 Å². The van der Waals surface area contributed by atoms with Crippen LogP contribution in [0.3, 0.4) is 0 Å². The first-order valence-corrected chi connectivity index (χ1v) is 6.28. The van der Waals surface area contributed by atoms with Crippen LogP contribution in [0.1, 0.15) is 19.3 Å². The summed E-state index contributed by atoms with van der Waals surface area (Å²) in [6.45, 7) is 7.88. The monoisotopic (exact) mass is 254 g/mol. The Labute approximate surface area is 108 Å². The Bertz CT molecular complexity index is 298. The zero-order valence-electron chi connectivity index (χ0n) is 10.7. The van der Waals surface area contributed by atoms with Crippen molar-refractivity contribution in [2.45, 2.75) is 19.3 Å². The number of hydrogen-bond donors (Lipinski definition) is 2. The van der Waals surface area contributed by atoms with Crippen LogP contribution >= 0.6 is 0 Å². The highest BCUT2D eigenvalue weighted by Crippen LogP contribution is 2.06. The maximum Gasteiger partial charge on any atom is 0.233 e. The standard InChI is InChI=1S/C12H22N4O2/c1-2-6-15-7-9-16(10-8-15)12(18)5-3-4-11(17)14-13/h2H,1,3-10,13H2,(H,14,17). The number of rotatable bonds is 6. The third kappa shape index (κ3) is 4.85. The van der Waals surface area contributed by atoms with Crippen LogP contribution < -0.4 is 11.3 Å². The minimum atomic E-state index is -0.224. The highest BCUT2D eigenvalue weighted by atomic mass is 16.2. The van der Waals surface area contributed by atoms with E-state index in [1.54, 1.807) is 0 Å². The molecular weight excluding hydrogens is 232 g/mol. The summed E-state index contributed by atoms with van der Waals surface area (Å²) < 4.78 is 0. The number of carbonyl (C=O) groups excluding carboxylic acids is 2. The first kappa shape index (κ1) is 14.7. The summed E-state index contributed by atoms with van der Waals surface area (Å²) in [5, 5.41) is 0. The topological polar surface area (TPSA) is 78.7 Å². The maximum absolute atomic E-state index is 11.9. The Kier molecular flexibility index (Phi) is 6.38. The Morgan fingerprint density at radius 3 is 2.44 bits per heavy atom. The summed E-state index contributed by atoms with van der Waals surface area (Å²) in [4.78, 5) is 26.9. The van der Waals surface area contributed by atoms with Gasteiger partial charge in [-0.2, -0.15) is 0 Å². The van der Waals surface area contributed by atoms with Crippen LogP contribution in [0, 0.1) is 0 Å². The summed E-state index contributed by atoms with van der Waals surface area (Å²) in [5.74, 6) is 4.87. The maximum atomic E-state index is 11.9. The predicted molar refractivity (Wildman–Crippen MR) is 69.4 cm³/mol. The van der Waals surface area contributed by atoms with Gasteiger partial charge >= 0.3 is 0 Å². The molecule has 0 unspecified atom stereocenters. The van der Waals surface area contributed by atoms with Crippen molar-refractivity contribution in [1.82, 2.24) is 15.2 Å². The van der Waals surface area contributed by atoms with Crippen LogP contribution in [0.25, 0.3) is 0 Å². The van der Waals surface area contributed by atoms with Crippen LogP contribution in [0.2, 0.25) is 0 Å². The average Bonchev–Trinajstić information content (AvgIpc) is 2.39. The van der Waals surface area contributed by atoms with Crippen LogP contribution in [0.4, 0.5) is 0 Å². The second kappa shape index (κ2) is 7.84. The summed E-state index contributed by atoms with van der Waals surface area (Å²) in [6, 6.07) is 0. The van der Waals surface area contributed by atoms with Crippen molar-refractivity contribution in [2.75, 3.05) is 32.7 Å². The molecule has 0 aromatic carbocycles. The smallest absolute Gasteiger partial charge is 0.233 e.